The van der Waals surface area contributed by atoms with Gasteiger partial charge in [-0.2, -0.15) is 9.47 Å². The maximum atomic E-state index is 12.4. The van der Waals surface area contributed by atoms with Crippen molar-refractivity contribution in [3.63, 3.8) is 0 Å². The monoisotopic (exact) mass is 262 g/mol. The van der Waals surface area contributed by atoms with Crippen LogP contribution in [0.4, 0.5) is 5.95 Å². The summed E-state index contributed by atoms with van der Waals surface area (Å²) < 4.78 is 1.50. The van der Waals surface area contributed by atoms with E-state index in [1.807, 2.05) is 6.92 Å². The van der Waals surface area contributed by atoms with Gasteiger partial charge in [0.15, 0.2) is 0 Å². The first-order chi connectivity index (χ1) is 9.20. The Kier molecular flexibility index (Phi) is 4.24. The number of amides is 1. The summed E-state index contributed by atoms with van der Waals surface area (Å²) in [5.74, 6) is -0.383. The predicted molar refractivity (Wildman–Crippen MR) is 70.7 cm³/mol. The second-order valence-corrected chi connectivity index (χ2v) is 4.79. The minimum absolute atomic E-state index is 0.109. The highest BCUT2D eigenvalue weighted by atomic mass is 16.2. The summed E-state index contributed by atoms with van der Waals surface area (Å²) in [7, 11) is 0. The number of carbonyl (C=O) groups is 2. The molecule has 19 heavy (non-hydrogen) atoms. The number of anilines is 1. The van der Waals surface area contributed by atoms with Crippen molar-refractivity contribution >= 4 is 17.8 Å². The minimum atomic E-state index is -0.566. The van der Waals surface area contributed by atoms with E-state index in [1.165, 1.54) is 4.57 Å². The Morgan fingerprint density at radius 1 is 1.32 bits per heavy atom. The molecule has 1 aromatic rings. The lowest BCUT2D eigenvalue weighted by atomic mass is 10.0. The fourth-order valence-electron chi connectivity index (χ4n) is 2.37. The van der Waals surface area contributed by atoms with Crippen molar-refractivity contribution in [3.05, 3.63) is 18.5 Å². The zero-order valence-corrected chi connectivity index (χ0v) is 11.5. The van der Waals surface area contributed by atoms with Gasteiger partial charge in [0.25, 0.3) is 5.91 Å². The Hall–Kier alpha value is -1.78. The molecule has 1 unspecified atom stereocenters. The van der Waals surface area contributed by atoms with Crippen molar-refractivity contribution in [2.45, 2.75) is 39.5 Å². The number of aromatic nitrogens is 2. The summed E-state index contributed by atoms with van der Waals surface area (Å²) in [5.41, 5.74) is 0. The predicted octanol–water partition coefficient (Wildman–Crippen LogP) is 1.57. The molecule has 1 aliphatic heterocycles. The summed E-state index contributed by atoms with van der Waals surface area (Å²) in [4.78, 5) is 30.4. The van der Waals surface area contributed by atoms with Gasteiger partial charge >= 0.3 is 11.9 Å². The summed E-state index contributed by atoms with van der Waals surface area (Å²) in [5, 5.41) is 0. The third kappa shape index (κ3) is 2.50. The van der Waals surface area contributed by atoms with E-state index in [2.05, 4.69) is 11.9 Å². The zero-order valence-electron chi connectivity index (χ0n) is 11.5. The quantitative estimate of drug-likeness (QED) is 0.460. The first-order valence-electron chi connectivity index (χ1n) is 6.93. The van der Waals surface area contributed by atoms with Crippen LogP contribution in [0.25, 0.3) is 0 Å². The van der Waals surface area contributed by atoms with E-state index in [0.717, 1.165) is 19.3 Å². The van der Waals surface area contributed by atoms with Crippen LogP contribution in [0.2, 0.25) is 0 Å². The third-order valence-corrected chi connectivity index (χ3v) is 3.46. The first-order valence-corrected chi connectivity index (χ1v) is 6.93. The number of fused-ring (bicyclic) bond motifs is 1. The number of rotatable bonds is 5. The van der Waals surface area contributed by atoms with Crippen LogP contribution in [-0.4, -0.2) is 23.3 Å². The fraction of sp³-hybridized carbons (Fsp3) is 0.571. The Morgan fingerprint density at radius 2 is 2.11 bits per heavy atom. The lowest BCUT2D eigenvalue weighted by molar-refractivity contribution is -0.568. The van der Waals surface area contributed by atoms with Crippen molar-refractivity contribution in [3.8, 4) is 0 Å². The lowest BCUT2D eigenvalue weighted by Gasteiger charge is -2.25. The molecule has 0 spiro atoms. The molecule has 102 valence electrons. The molecule has 1 amide bonds. The molecule has 2 heterocycles. The maximum absolute atomic E-state index is 12.4. The van der Waals surface area contributed by atoms with Crippen molar-refractivity contribution in [2.75, 3.05) is 11.4 Å². The SMILES string of the molecule is CCCCCN1C(=O)C(CC)C(=O)[n+]2cccnc21. The van der Waals surface area contributed by atoms with Gasteiger partial charge in [0.2, 0.25) is 0 Å². The van der Waals surface area contributed by atoms with Gasteiger partial charge in [0.05, 0.1) is 12.7 Å². The third-order valence-electron chi connectivity index (χ3n) is 3.46. The molecule has 1 atom stereocenters. The fourth-order valence-corrected chi connectivity index (χ4v) is 2.37. The van der Waals surface area contributed by atoms with Gasteiger partial charge in [-0.3, -0.25) is 9.59 Å². The number of carbonyl (C=O) groups excluding carboxylic acids is 2. The molecule has 0 fully saturated rings. The molecule has 0 aliphatic carbocycles. The van der Waals surface area contributed by atoms with Crippen LogP contribution in [0.15, 0.2) is 18.5 Å². The van der Waals surface area contributed by atoms with Crippen molar-refractivity contribution in [1.29, 1.82) is 0 Å². The van der Waals surface area contributed by atoms with Crippen LogP contribution in [0, 0.1) is 5.92 Å². The van der Waals surface area contributed by atoms with E-state index in [-0.39, 0.29) is 11.8 Å². The molecule has 1 aromatic heterocycles. The van der Waals surface area contributed by atoms with Crippen molar-refractivity contribution in [1.82, 2.24) is 4.98 Å². The lowest BCUT2D eigenvalue weighted by Crippen LogP contribution is -2.61. The largest absolute Gasteiger partial charge is 0.408 e. The average Bonchev–Trinajstić information content (AvgIpc) is 2.43. The summed E-state index contributed by atoms with van der Waals surface area (Å²) in [6.45, 7) is 4.62. The van der Waals surface area contributed by atoms with Gasteiger partial charge in [-0.05, 0) is 12.8 Å². The van der Waals surface area contributed by atoms with E-state index < -0.39 is 5.92 Å². The molecule has 0 aromatic carbocycles. The summed E-state index contributed by atoms with van der Waals surface area (Å²) in [6.07, 6.45) is 6.94. The minimum Gasteiger partial charge on any atom is -0.255 e. The second-order valence-electron chi connectivity index (χ2n) is 4.79. The molecule has 5 nitrogen and oxygen atoms in total. The molecule has 5 heteroatoms. The van der Waals surface area contributed by atoms with Crippen molar-refractivity contribution < 1.29 is 14.2 Å². The Morgan fingerprint density at radius 3 is 2.79 bits per heavy atom. The molecular formula is C14H20N3O2+. The molecule has 1 aliphatic rings. The van der Waals surface area contributed by atoms with Gasteiger partial charge in [-0.15, -0.1) is 0 Å². The van der Waals surface area contributed by atoms with Crippen LogP contribution in [0.3, 0.4) is 0 Å². The van der Waals surface area contributed by atoms with Gasteiger partial charge in [-0.25, -0.2) is 0 Å². The standard InChI is InChI=1S/C14H20N3O2/c1-3-5-6-9-16-12(18)11(4-2)13(19)17-10-7-8-15-14(16)17/h7-8,10-11H,3-6,9H2,1-2H3/q+1. The van der Waals surface area contributed by atoms with E-state index >= 15 is 0 Å². The molecule has 0 saturated heterocycles. The molecule has 0 radical (unpaired) electrons. The van der Waals surface area contributed by atoms with E-state index in [0.29, 0.717) is 18.9 Å². The van der Waals surface area contributed by atoms with Crippen LogP contribution in [0.5, 0.6) is 0 Å². The van der Waals surface area contributed by atoms with E-state index in [4.69, 9.17) is 0 Å². The molecule has 2 rings (SSSR count). The Balaban J connectivity index is 2.33. The molecular weight excluding hydrogens is 242 g/mol. The topological polar surface area (TPSA) is 54.2 Å². The van der Waals surface area contributed by atoms with Crippen LogP contribution < -0.4 is 9.47 Å². The Bertz CT molecular complexity index is 487. The second kappa shape index (κ2) is 5.91. The number of hydrogen-bond acceptors (Lipinski definition) is 3. The summed E-state index contributed by atoms with van der Waals surface area (Å²) in [6, 6.07) is 1.72. The van der Waals surface area contributed by atoms with E-state index in [1.54, 1.807) is 23.4 Å². The average molecular weight is 262 g/mol. The van der Waals surface area contributed by atoms with E-state index in [9.17, 15) is 9.59 Å². The highest BCUT2D eigenvalue weighted by Crippen LogP contribution is 2.19. The van der Waals surface area contributed by atoms with Gasteiger partial charge < -0.3 is 0 Å². The smallest absolute Gasteiger partial charge is 0.255 e. The molecule has 0 saturated carbocycles. The van der Waals surface area contributed by atoms with Crippen LogP contribution >= 0.6 is 0 Å². The van der Waals surface area contributed by atoms with Gasteiger partial charge in [0.1, 0.15) is 12.1 Å². The highest BCUT2D eigenvalue weighted by Gasteiger charge is 2.44. The first kappa shape index (κ1) is 13.6. The Labute approximate surface area is 113 Å². The summed E-state index contributed by atoms with van der Waals surface area (Å²) >= 11 is 0. The molecule has 0 bridgehead atoms. The number of unbranched alkanes of at least 4 members (excludes halogenated alkanes) is 2. The van der Waals surface area contributed by atoms with Gasteiger partial charge in [0, 0.05) is 6.07 Å². The highest BCUT2D eigenvalue weighted by molar-refractivity contribution is 6.06. The molecule has 0 N–H and O–H groups in total. The zero-order chi connectivity index (χ0) is 13.8. The van der Waals surface area contributed by atoms with Crippen molar-refractivity contribution in [2.24, 2.45) is 5.92 Å². The van der Waals surface area contributed by atoms with Crippen LogP contribution in [0.1, 0.15) is 44.3 Å². The van der Waals surface area contributed by atoms with Crippen LogP contribution in [-0.2, 0) is 4.79 Å². The van der Waals surface area contributed by atoms with Gasteiger partial charge in [-0.1, -0.05) is 31.7 Å². The normalized spacial score (nSPS) is 18.6. The number of hydrogen-bond donors (Lipinski definition) is 0. The number of nitrogens with zero attached hydrogens (tertiary/aromatic N) is 3. The maximum Gasteiger partial charge on any atom is 0.408 e.